The van der Waals surface area contributed by atoms with E-state index in [1.807, 2.05) is 18.2 Å². The van der Waals surface area contributed by atoms with Crippen LogP contribution in [-0.4, -0.2) is 55.9 Å². The number of methoxy groups -OCH3 is 1. The van der Waals surface area contributed by atoms with Crippen molar-refractivity contribution < 1.29 is 19.4 Å². The zero-order valence-electron chi connectivity index (χ0n) is 11.8. The van der Waals surface area contributed by atoms with Crippen LogP contribution in [0.4, 0.5) is 10.5 Å². The van der Waals surface area contributed by atoms with Gasteiger partial charge in [-0.25, -0.2) is 4.79 Å². The number of carboxylic acid groups (broad SMARTS) is 1. The van der Waals surface area contributed by atoms with Crippen LogP contribution < -0.4 is 4.90 Å². The lowest BCUT2D eigenvalue weighted by Gasteiger charge is -2.27. The first kappa shape index (κ1) is 16.0. The molecule has 6 nitrogen and oxygen atoms in total. The number of ether oxygens (including phenoxy) is 1. The molecule has 1 N–H and O–H groups in total. The van der Waals surface area contributed by atoms with Gasteiger partial charge in [0, 0.05) is 32.9 Å². The molecule has 2 amide bonds. The molecule has 0 radical (unpaired) electrons. The highest BCUT2D eigenvalue weighted by Gasteiger charge is 2.20. The maximum atomic E-state index is 12.4. The van der Waals surface area contributed by atoms with Crippen LogP contribution in [0.25, 0.3) is 0 Å². The average molecular weight is 280 g/mol. The Morgan fingerprint density at radius 1 is 1.20 bits per heavy atom. The molecule has 0 aliphatic heterocycles. The van der Waals surface area contributed by atoms with Gasteiger partial charge in [0.15, 0.2) is 0 Å². The topological polar surface area (TPSA) is 70.1 Å². The van der Waals surface area contributed by atoms with Crippen molar-refractivity contribution in [3.63, 3.8) is 0 Å². The van der Waals surface area contributed by atoms with Gasteiger partial charge < -0.3 is 14.7 Å². The molecule has 6 heteroatoms. The van der Waals surface area contributed by atoms with Crippen LogP contribution in [0.15, 0.2) is 30.3 Å². The number of carbonyl (C=O) groups is 2. The molecule has 0 heterocycles. The molecule has 110 valence electrons. The number of amides is 2. The van der Waals surface area contributed by atoms with Gasteiger partial charge in [0.25, 0.3) is 0 Å². The number of benzene rings is 1. The van der Waals surface area contributed by atoms with Gasteiger partial charge in [-0.15, -0.1) is 0 Å². The third-order valence-corrected chi connectivity index (χ3v) is 2.81. The summed E-state index contributed by atoms with van der Waals surface area (Å²) in [7, 11) is 3.23. The summed E-state index contributed by atoms with van der Waals surface area (Å²) in [5.41, 5.74) is 0.683. The van der Waals surface area contributed by atoms with Crippen molar-refractivity contribution in [2.24, 2.45) is 0 Å². The highest BCUT2D eigenvalue weighted by Crippen LogP contribution is 2.15. The van der Waals surface area contributed by atoms with Crippen molar-refractivity contribution in [2.75, 3.05) is 38.8 Å². The molecule has 0 saturated heterocycles. The second-order valence-corrected chi connectivity index (χ2v) is 4.33. The van der Waals surface area contributed by atoms with Crippen LogP contribution in [0.1, 0.15) is 6.42 Å². The first-order chi connectivity index (χ1) is 9.56. The molecule has 1 rings (SSSR count). The Kier molecular flexibility index (Phi) is 6.52. The lowest BCUT2D eigenvalue weighted by molar-refractivity contribution is -0.136. The fourth-order valence-electron chi connectivity index (χ4n) is 1.68. The van der Waals surface area contributed by atoms with Gasteiger partial charge in [-0.1, -0.05) is 18.2 Å². The van der Waals surface area contributed by atoms with Crippen LogP contribution in [0.3, 0.4) is 0 Å². The average Bonchev–Trinajstić information content (AvgIpc) is 2.45. The van der Waals surface area contributed by atoms with Crippen molar-refractivity contribution in [1.29, 1.82) is 0 Å². The maximum absolute atomic E-state index is 12.4. The number of hydrogen-bond acceptors (Lipinski definition) is 3. The van der Waals surface area contributed by atoms with Gasteiger partial charge in [-0.3, -0.25) is 9.69 Å². The molecule has 0 aliphatic carbocycles. The Morgan fingerprint density at radius 3 is 2.40 bits per heavy atom. The fraction of sp³-hybridized carbons (Fsp3) is 0.429. The second-order valence-electron chi connectivity index (χ2n) is 4.33. The Balaban J connectivity index is 2.81. The molecule has 0 saturated carbocycles. The highest BCUT2D eigenvalue weighted by molar-refractivity contribution is 5.92. The van der Waals surface area contributed by atoms with E-state index in [-0.39, 0.29) is 19.0 Å². The molecule has 1 aromatic carbocycles. The summed E-state index contributed by atoms with van der Waals surface area (Å²) in [6, 6.07) is 8.79. The van der Waals surface area contributed by atoms with Crippen molar-refractivity contribution in [1.82, 2.24) is 4.90 Å². The number of rotatable bonds is 7. The summed E-state index contributed by atoms with van der Waals surface area (Å²) < 4.78 is 4.94. The van der Waals surface area contributed by atoms with Crippen LogP contribution in [0.5, 0.6) is 0 Å². The number of carboxylic acids is 1. The van der Waals surface area contributed by atoms with E-state index in [1.165, 1.54) is 9.80 Å². The monoisotopic (exact) mass is 280 g/mol. The van der Waals surface area contributed by atoms with Crippen molar-refractivity contribution in [2.45, 2.75) is 6.42 Å². The molecular formula is C14H20N2O4. The minimum absolute atomic E-state index is 0.0985. The van der Waals surface area contributed by atoms with E-state index >= 15 is 0 Å². The van der Waals surface area contributed by atoms with Gasteiger partial charge in [0.1, 0.15) is 0 Å². The maximum Gasteiger partial charge on any atom is 0.324 e. The van der Waals surface area contributed by atoms with Crippen LogP contribution in [-0.2, 0) is 9.53 Å². The van der Waals surface area contributed by atoms with Gasteiger partial charge in [0.2, 0.25) is 0 Å². The van der Waals surface area contributed by atoms with E-state index in [9.17, 15) is 9.59 Å². The molecule has 20 heavy (non-hydrogen) atoms. The SMILES string of the molecule is COCCN(C)C(=O)N(CCC(=O)O)c1ccccc1. The summed E-state index contributed by atoms with van der Waals surface area (Å²) >= 11 is 0. The zero-order chi connectivity index (χ0) is 15.0. The number of para-hydroxylation sites is 1. The molecule has 0 spiro atoms. The summed E-state index contributed by atoms with van der Waals surface area (Å²) in [5.74, 6) is -0.932. The van der Waals surface area contributed by atoms with Crippen LogP contribution >= 0.6 is 0 Å². The molecule has 0 aromatic heterocycles. The third-order valence-electron chi connectivity index (χ3n) is 2.81. The van der Waals surface area contributed by atoms with E-state index in [4.69, 9.17) is 9.84 Å². The summed E-state index contributed by atoms with van der Waals surface area (Å²) in [4.78, 5) is 26.1. The normalized spacial score (nSPS) is 10.1. The molecule has 0 aliphatic rings. The smallest absolute Gasteiger partial charge is 0.324 e. The largest absolute Gasteiger partial charge is 0.481 e. The van der Waals surface area contributed by atoms with E-state index < -0.39 is 5.97 Å². The summed E-state index contributed by atoms with van der Waals surface area (Å²) in [6.45, 7) is 1.02. The Morgan fingerprint density at radius 2 is 1.85 bits per heavy atom. The predicted octanol–water partition coefficient (Wildman–Crippen LogP) is 1.67. The van der Waals surface area contributed by atoms with Crippen molar-refractivity contribution in [3.8, 4) is 0 Å². The van der Waals surface area contributed by atoms with Gasteiger partial charge >= 0.3 is 12.0 Å². The number of carbonyl (C=O) groups excluding carboxylic acids is 1. The number of urea groups is 1. The fourth-order valence-corrected chi connectivity index (χ4v) is 1.68. The van der Waals surface area contributed by atoms with Crippen molar-refractivity contribution >= 4 is 17.7 Å². The van der Waals surface area contributed by atoms with Gasteiger partial charge in [0.05, 0.1) is 13.0 Å². The first-order valence-corrected chi connectivity index (χ1v) is 6.34. The first-order valence-electron chi connectivity index (χ1n) is 6.34. The van der Waals surface area contributed by atoms with Gasteiger partial charge in [-0.05, 0) is 12.1 Å². The minimum atomic E-state index is -0.932. The van der Waals surface area contributed by atoms with E-state index in [2.05, 4.69) is 0 Å². The third kappa shape index (κ3) is 4.89. The molecule has 1 aromatic rings. The van der Waals surface area contributed by atoms with E-state index in [0.29, 0.717) is 18.8 Å². The standard InChI is InChI=1S/C14H20N2O4/c1-15(10-11-20-2)14(19)16(9-8-13(17)18)12-6-4-3-5-7-12/h3-7H,8-11H2,1-2H3,(H,17,18). The summed E-state index contributed by atoms with van der Waals surface area (Å²) in [6.07, 6.45) is -0.0985. The lowest BCUT2D eigenvalue weighted by atomic mass is 10.2. The number of anilines is 1. The number of nitrogens with zero attached hydrogens (tertiary/aromatic N) is 2. The zero-order valence-corrected chi connectivity index (χ0v) is 11.8. The predicted molar refractivity (Wildman–Crippen MR) is 75.9 cm³/mol. The number of likely N-dealkylation sites (N-methyl/N-ethyl adjacent to an activating group) is 1. The van der Waals surface area contributed by atoms with Crippen LogP contribution in [0, 0.1) is 0 Å². The van der Waals surface area contributed by atoms with E-state index in [0.717, 1.165) is 0 Å². The lowest BCUT2D eigenvalue weighted by Crippen LogP contribution is -2.43. The molecule has 0 bridgehead atoms. The van der Waals surface area contributed by atoms with Crippen molar-refractivity contribution in [3.05, 3.63) is 30.3 Å². The summed E-state index contributed by atoms with van der Waals surface area (Å²) in [5, 5.41) is 8.80. The Labute approximate surface area is 118 Å². The second kappa shape index (κ2) is 8.16. The minimum Gasteiger partial charge on any atom is -0.481 e. The van der Waals surface area contributed by atoms with E-state index in [1.54, 1.807) is 26.3 Å². The Hall–Kier alpha value is -2.08. The quantitative estimate of drug-likeness (QED) is 0.824. The van der Waals surface area contributed by atoms with Crippen LogP contribution in [0.2, 0.25) is 0 Å². The molecule has 0 unspecified atom stereocenters. The van der Waals surface area contributed by atoms with Gasteiger partial charge in [-0.2, -0.15) is 0 Å². The Bertz CT molecular complexity index is 436. The highest BCUT2D eigenvalue weighted by atomic mass is 16.5. The molecule has 0 fully saturated rings. The molecular weight excluding hydrogens is 260 g/mol. The number of aliphatic carboxylic acids is 1. The number of hydrogen-bond donors (Lipinski definition) is 1. The molecule has 0 atom stereocenters.